The van der Waals surface area contributed by atoms with Gasteiger partial charge in [-0.3, -0.25) is 19.7 Å². The van der Waals surface area contributed by atoms with E-state index in [2.05, 4.69) is 16.0 Å². The number of amides is 5. The molecule has 0 aliphatic carbocycles. The summed E-state index contributed by atoms with van der Waals surface area (Å²) in [6.45, 7) is -0.0587. The van der Waals surface area contributed by atoms with E-state index in [1.165, 1.54) is 11.0 Å². The van der Waals surface area contributed by atoms with Crippen molar-refractivity contribution in [1.29, 1.82) is 0 Å². The summed E-state index contributed by atoms with van der Waals surface area (Å²) in [6, 6.07) is 6.73. The normalized spacial score (nSPS) is 17.7. The molecule has 0 aromatic heterocycles. The summed E-state index contributed by atoms with van der Waals surface area (Å²) in [4.78, 5) is 49.8. The van der Waals surface area contributed by atoms with Crippen LogP contribution in [-0.2, 0) is 35.4 Å². The van der Waals surface area contributed by atoms with Gasteiger partial charge in [0.2, 0.25) is 11.8 Å². The number of phenolic OH excluding ortho intramolecular Hbond substituents is 1. The first-order valence-corrected chi connectivity index (χ1v) is 10.7. The van der Waals surface area contributed by atoms with Gasteiger partial charge in [0.15, 0.2) is 0 Å². The summed E-state index contributed by atoms with van der Waals surface area (Å²) in [5.74, 6) is -2.13. The number of hydrogen-bond donors (Lipinski definition) is 4. The fourth-order valence-corrected chi connectivity index (χ4v) is 4.12. The zero-order valence-corrected chi connectivity index (χ0v) is 18.2. The zero-order chi connectivity index (χ0) is 25.3. The number of hydrogen-bond acceptors (Lipinski definition) is 5. The van der Waals surface area contributed by atoms with Gasteiger partial charge in [0.25, 0.3) is 5.91 Å². The second kappa shape index (κ2) is 9.28. The number of alkyl halides is 3. The number of halogens is 3. The highest BCUT2D eigenvalue weighted by Gasteiger charge is 2.39. The highest BCUT2D eigenvalue weighted by atomic mass is 19.4. The quantitative estimate of drug-likeness (QED) is 0.478. The van der Waals surface area contributed by atoms with Gasteiger partial charge in [0.1, 0.15) is 11.8 Å². The molecule has 0 saturated carbocycles. The Hall–Kier alpha value is -4.09. The lowest BCUT2D eigenvalue weighted by Gasteiger charge is -2.29. The molecule has 2 aromatic rings. The minimum Gasteiger partial charge on any atom is -0.507 e. The molecule has 4 rings (SSSR count). The first-order chi connectivity index (χ1) is 16.5. The molecule has 184 valence electrons. The lowest BCUT2D eigenvalue weighted by Crippen LogP contribution is -2.52. The third-order valence-corrected chi connectivity index (χ3v) is 5.91. The molecule has 2 heterocycles. The summed E-state index contributed by atoms with van der Waals surface area (Å²) in [5.41, 5.74) is 0.505. The maximum Gasteiger partial charge on any atom is 0.419 e. The number of benzene rings is 2. The van der Waals surface area contributed by atoms with Gasteiger partial charge >= 0.3 is 12.2 Å². The standard InChI is InChI=1S/C23H21F3N4O5/c24-23(25,26)16-3-1-2-13(19(16)32)10-28-22(35)27-9-12-4-5-15-14(8-12)11-30(21(15)34)17-6-7-18(31)29-20(17)33/h1-5,8,17,32H,6-7,9-11H2,(H2,27,28,35)(H,29,31,33). The molecule has 1 atom stereocenters. The lowest BCUT2D eigenvalue weighted by molar-refractivity contribution is -0.139. The number of carbonyl (C=O) groups is 4. The Balaban J connectivity index is 1.34. The van der Waals surface area contributed by atoms with Crippen molar-refractivity contribution in [2.45, 2.75) is 44.7 Å². The third-order valence-electron chi connectivity index (χ3n) is 5.91. The molecule has 5 amide bonds. The van der Waals surface area contributed by atoms with Gasteiger partial charge < -0.3 is 20.6 Å². The predicted molar refractivity (Wildman–Crippen MR) is 115 cm³/mol. The van der Waals surface area contributed by atoms with Crippen molar-refractivity contribution in [2.24, 2.45) is 0 Å². The van der Waals surface area contributed by atoms with Gasteiger partial charge in [-0.05, 0) is 29.7 Å². The molecule has 0 radical (unpaired) electrons. The van der Waals surface area contributed by atoms with E-state index in [9.17, 15) is 37.5 Å². The summed E-state index contributed by atoms with van der Waals surface area (Å²) >= 11 is 0. The van der Waals surface area contributed by atoms with E-state index < -0.39 is 35.5 Å². The SMILES string of the molecule is O=C1CCC(N2Cc3cc(CNC(=O)NCc4cccc(C(F)(F)F)c4O)ccc3C2=O)C(=O)N1. The van der Waals surface area contributed by atoms with Gasteiger partial charge in [-0.1, -0.05) is 24.3 Å². The third kappa shape index (κ3) is 5.05. The van der Waals surface area contributed by atoms with E-state index in [0.29, 0.717) is 16.7 Å². The molecule has 0 bridgehead atoms. The number of carbonyl (C=O) groups excluding carboxylic acids is 4. The van der Waals surface area contributed by atoms with Crippen LogP contribution >= 0.6 is 0 Å². The van der Waals surface area contributed by atoms with Gasteiger partial charge in [0, 0.05) is 37.2 Å². The van der Waals surface area contributed by atoms with Crippen LogP contribution in [0, 0.1) is 0 Å². The molecule has 12 heteroatoms. The molecule has 4 N–H and O–H groups in total. The van der Waals surface area contributed by atoms with Gasteiger partial charge in [-0.25, -0.2) is 4.79 Å². The number of aromatic hydroxyl groups is 1. The molecule has 1 unspecified atom stereocenters. The van der Waals surface area contributed by atoms with Crippen LogP contribution in [0.15, 0.2) is 36.4 Å². The molecule has 1 fully saturated rings. The van der Waals surface area contributed by atoms with E-state index in [1.807, 2.05) is 0 Å². The van der Waals surface area contributed by atoms with Crippen LogP contribution in [-0.4, -0.2) is 39.8 Å². The number of para-hydroxylation sites is 1. The summed E-state index contributed by atoms with van der Waals surface area (Å²) in [7, 11) is 0. The van der Waals surface area contributed by atoms with Crippen molar-refractivity contribution >= 4 is 23.8 Å². The minimum absolute atomic E-state index is 0.0697. The smallest absolute Gasteiger partial charge is 0.419 e. The molecular formula is C23H21F3N4O5. The molecule has 2 aliphatic heterocycles. The Morgan fingerprint density at radius 2 is 1.86 bits per heavy atom. The van der Waals surface area contributed by atoms with E-state index >= 15 is 0 Å². The van der Waals surface area contributed by atoms with Crippen LogP contribution < -0.4 is 16.0 Å². The monoisotopic (exact) mass is 490 g/mol. The van der Waals surface area contributed by atoms with Crippen LogP contribution in [0.3, 0.4) is 0 Å². The summed E-state index contributed by atoms with van der Waals surface area (Å²) in [6.07, 6.45) is -4.31. The van der Waals surface area contributed by atoms with Crippen molar-refractivity contribution in [1.82, 2.24) is 20.9 Å². The average Bonchev–Trinajstić information content (AvgIpc) is 3.11. The van der Waals surface area contributed by atoms with Crippen LogP contribution in [0.4, 0.5) is 18.0 Å². The number of urea groups is 1. The largest absolute Gasteiger partial charge is 0.507 e. The second-order valence-electron chi connectivity index (χ2n) is 8.24. The second-order valence-corrected chi connectivity index (χ2v) is 8.24. The van der Waals surface area contributed by atoms with E-state index in [4.69, 9.17) is 0 Å². The van der Waals surface area contributed by atoms with E-state index in [1.54, 1.807) is 18.2 Å². The Morgan fingerprint density at radius 1 is 1.11 bits per heavy atom. The van der Waals surface area contributed by atoms with E-state index in [-0.39, 0.29) is 49.9 Å². The van der Waals surface area contributed by atoms with E-state index in [0.717, 1.165) is 12.1 Å². The number of piperidine rings is 1. The van der Waals surface area contributed by atoms with Gasteiger partial charge in [0.05, 0.1) is 5.56 Å². The Labute approximate surface area is 197 Å². The maximum atomic E-state index is 12.9. The molecule has 9 nitrogen and oxygen atoms in total. The van der Waals surface area contributed by atoms with Gasteiger partial charge in [-0.2, -0.15) is 13.2 Å². The van der Waals surface area contributed by atoms with Crippen LogP contribution in [0.1, 0.15) is 45.5 Å². The van der Waals surface area contributed by atoms with Crippen molar-refractivity contribution in [3.8, 4) is 5.75 Å². The number of imide groups is 1. The van der Waals surface area contributed by atoms with Crippen molar-refractivity contribution in [3.63, 3.8) is 0 Å². The number of nitrogens with zero attached hydrogens (tertiary/aromatic N) is 1. The van der Waals surface area contributed by atoms with Gasteiger partial charge in [-0.15, -0.1) is 0 Å². The Bertz CT molecular complexity index is 1210. The highest BCUT2D eigenvalue weighted by Crippen LogP contribution is 2.37. The van der Waals surface area contributed by atoms with Crippen LogP contribution in [0.5, 0.6) is 5.75 Å². The number of phenols is 1. The number of fused-ring (bicyclic) bond motifs is 1. The van der Waals surface area contributed by atoms with Crippen molar-refractivity contribution in [3.05, 3.63) is 64.2 Å². The minimum atomic E-state index is -4.72. The Morgan fingerprint density at radius 3 is 2.57 bits per heavy atom. The molecule has 2 aromatic carbocycles. The molecule has 35 heavy (non-hydrogen) atoms. The summed E-state index contributed by atoms with van der Waals surface area (Å²) in [5, 5.41) is 17.0. The fraction of sp³-hybridized carbons (Fsp3) is 0.304. The molecule has 0 spiro atoms. The maximum absolute atomic E-state index is 12.9. The first-order valence-electron chi connectivity index (χ1n) is 10.7. The molecular weight excluding hydrogens is 469 g/mol. The topological polar surface area (TPSA) is 128 Å². The molecule has 2 aliphatic rings. The summed E-state index contributed by atoms with van der Waals surface area (Å²) < 4.78 is 38.7. The predicted octanol–water partition coefficient (Wildman–Crippen LogP) is 2.17. The average molecular weight is 490 g/mol. The van der Waals surface area contributed by atoms with Crippen LogP contribution in [0.2, 0.25) is 0 Å². The van der Waals surface area contributed by atoms with Crippen LogP contribution in [0.25, 0.3) is 0 Å². The fourth-order valence-electron chi connectivity index (χ4n) is 4.12. The Kier molecular flexibility index (Phi) is 6.37. The molecule has 1 saturated heterocycles. The van der Waals surface area contributed by atoms with Crippen molar-refractivity contribution < 1.29 is 37.5 Å². The number of nitrogens with one attached hydrogen (secondary N) is 3. The lowest BCUT2D eigenvalue weighted by atomic mass is 10.0. The van der Waals surface area contributed by atoms with Crippen molar-refractivity contribution in [2.75, 3.05) is 0 Å². The zero-order valence-electron chi connectivity index (χ0n) is 18.2. The first kappa shape index (κ1) is 24.0. The highest BCUT2D eigenvalue weighted by molar-refractivity contribution is 6.05. The number of rotatable bonds is 5.